The lowest BCUT2D eigenvalue weighted by molar-refractivity contribution is 0.0904. The molecule has 0 aliphatic heterocycles. The summed E-state index contributed by atoms with van der Waals surface area (Å²) in [5, 5.41) is 2.56. The number of sulfonamides is 1. The highest BCUT2D eigenvalue weighted by Crippen LogP contribution is 2.17. The molecular formula is C16H28N2O4S. The summed E-state index contributed by atoms with van der Waals surface area (Å²) in [6.07, 6.45) is 1.87. The summed E-state index contributed by atoms with van der Waals surface area (Å²) in [5.41, 5.74) is -0.626. The van der Waals surface area contributed by atoms with Crippen molar-refractivity contribution in [1.82, 2.24) is 10.0 Å². The van der Waals surface area contributed by atoms with Crippen LogP contribution in [0.1, 0.15) is 64.9 Å². The van der Waals surface area contributed by atoms with Crippen LogP contribution >= 0.6 is 0 Å². The van der Waals surface area contributed by atoms with E-state index in [0.717, 1.165) is 12.8 Å². The van der Waals surface area contributed by atoms with Crippen LogP contribution in [-0.4, -0.2) is 25.9 Å². The average molecular weight is 344 g/mol. The Bertz CT molecular complexity index is 627. The van der Waals surface area contributed by atoms with Gasteiger partial charge in [-0.2, -0.15) is 0 Å². The zero-order valence-corrected chi connectivity index (χ0v) is 15.6. The summed E-state index contributed by atoms with van der Waals surface area (Å²) < 4.78 is 32.0. The predicted molar refractivity (Wildman–Crippen MR) is 89.8 cm³/mol. The molecule has 1 heterocycles. The van der Waals surface area contributed by atoms with Crippen LogP contribution in [0.3, 0.4) is 0 Å². The van der Waals surface area contributed by atoms with Gasteiger partial charge in [-0.3, -0.25) is 4.79 Å². The molecule has 2 N–H and O–H groups in total. The fourth-order valence-electron chi connectivity index (χ4n) is 1.99. The topological polar surface area (TPSA) is 88.4 Å². The molecule has 0 aliphatic carbocycles. The molecule has 1 aromatic heterocycles. The van der Waals surface area contributed by atoms with Gasteiger partial charge in [0.05, 0.1) is 0 Å². The quantitative estimate of drug-likeness (QED) is 0.796. The average Bonchev–Trinajstić information content (AvgIpc) is 2.83. The van der Waals surface area contributed by atoms with Crippen LogP contribution in [0.15, 0.2) is 21.6 Å². The van der Waals surface area contributed by atoms with Crippen molar-refractivity contribution in [2.45, 2.75) is 71.1 Å². The Morgan fingerprint density at radius 1 is 1.17 bits per heavy atom. The van der Waals surface area contributed by atoms with Gasteiger partial charge in [0.2, 0.25) is 5.09 Å². The Morgan fingerprint density at radius 2 is 1.78 bits per heavy atom. The van der Waals surface area contributed by atoms with Crippen LogP contribution in [0.5, 0.6) is 0 Å². The maximum Gasteiger partial charge on any atom is 0.287 e. The second-order valence-corrected chi connectivity index (χ2v) is 8.93. The molecule has 0 radical (unpaired) electrons. The van der Waals surface area contributed by atoms with E-state index in [1.54, 1.807) is 20.8 Å². The zero-order valence-electron chi connectivity index (χ0n) is 14.8. The molecule has 132 valence electrons. The minimum Gasteiger partial charge on any atom is -0.438 e. The van der Waals surface area contributed by atoms with E-state index in [-0.39, 0.29) is 16.9 Å². The van der Waals surface area contributed by atoms with E-state index >= 15 is 0 Å². The maximum atomic E-state index is 12.1. The van der Waals surface area contributed by atoms with Crippen LogP contribution in [0.4, 0.5) is 0 Å². The minimum absolute atomic E-state index is 0.00255. The van der Waals surface area contributed by atoms with E-state index in [0.29, 0.717) is 5.92 Å². The largest absolute Gasteiger partial charge is 0.438 e. The number of hydrogen-bond donors (Lipinski definition) is 2. The van der Waals surface area contributed by atoms with E-state index < -0.39 is 21.5 Å². The Labute approximate surface area is 139 Å². The molecule has 1 unspecified atom stereocenters. The molecule has 0 saturated carbocycles. The molecule has 0 aromatic carbocycles. The number of nitrogens with one attached hydrogen (secondary N) is 2. The van der Waals surface area contributed by atoms with E-state index in [1.165, 1.54) is 12.1 Å². The standard InChI is InChI=1S/C16H28N2O4S/c1-11(2)7-8-12(3)17-15(19)13-9-10-14(22-13)23(20,21)18-16(4,5)6/h9-12,18H,7-8H2,1-6H3,(H,17,19). The smallest absolute Gasteiger partial charge is 0.287 e. The first-order valence-corrected chi connectivity index (χ1v) is 9.34. The van der Waals surface area contributed by atoms with Crippen LogP contribution in [0.25, 0.3) is 0 Å². The third kappa shape index (κ3) is 6.74. The highest BCUT2D eigenvalue weighted by molar-refractivity contribution is 7.89. The van der Waals surface area contributed by atoms with Gasteiger partial charge < -0.3 is 9.73 Å². The Hall–Kier alpha value is -1.34. The Morgan fingerprint density at radius 3 is 2.30 bits per heavy atom. The second-order valence-electron chi connectivity index (χ2n) is 7.32. The number of rotatable bonds is 7. The van der Waals surface area contributed by atoms with Crippen molar-refractivity contribution in [3.8, 4) is 0 Å². The number of hydrogen-bond acceptors (Lipinski definition) is 4. The first-order chi connectivity index (χ1) is 10.4. The fraction of sp³-hybridized carbons (Fsp3) is 0.688. The summed E-state index contributed by atoms with van der Waals surface area (Å²) in [6, 6.07) is 2.67. The molecule has 23 heavy (non-hydrogen) atoms. The van der Waals surface area contributed by atoms with Crippen molar-refractivity contribution >= 4 is 15.9 Å². The minimum atomic E-state index is -3.78. The Balaban J connectivity index is 2.74. The maximum absolute atomic E-state index is 12.1. The monoisotopic (exact) mass is 344 g/mol. The molecule has 0 fully saturated rings. The van der Waals surface area contributed by atoms with E-state index in [2.05, 4.69) is 23.9 Å². The number of furan rings is 1. The lowest BCUT2D eigenvalue weighted by Gasteiger charge is -2.19. The van der Waals surface area contributed by atoms with Crippen LogP contribution in [-0.2, 0) is 10.0 Å². The highest BCUT2D eigenvalue weighted by atomic mass is 32.2. The molecule has 6 nitrogen and oxygen atoms in total. The third-order valence-corrected chi connectivity index (χ3v) is 4.70. The van der Waals surface area contributed by atoms with Crippen molar-refractivity contribution in [1.29, 1.82) is 0 Å². The fourth-order valence-corrected chi connectivity index (χ4v) is 3.34. The molecular weight excluding hydrogens is 316 g/mol. The SMILES string of the molecule is CC(C)CCC(C)NC(=O)c1ccc(S(=O)(=O)NC(C)(C)C)o1. The number of carbonyl (C=O) groups is 1. The van der Waals surface area contributed by atoms with Crippen molar-refractivity contribution < 1.29 is 17.6 Å². The lowest BCUT2D eigenvalue weighted by atomic mass is 10.0. The molecule has 0 saturated heterocycles. The van der Waals surface area contributed by atoms with Crippen molar-refractivity contribution in [2.75, 3.05) is 0 Å². The summed E-state index contributed by atoms with van der Waals surface area (Å²) in [6.45, 7) is 11.4. The van der Waals surface area contributed by atoms with Gasteiger partial charge in [0, 0.05) is 11.6 Å². The Kier molecular flexibility index (Phi) is 6.41. The van der Waals surface area contributed by atoms with Crippen molar-refractivity contribution in [3.63, 3.8) is 0 Å². The van der Waals surface area contributed by atoms with Gasteiger partial charge in [-0.25, -0.2) is 13.1 Å². The lowest BCUT2D eigenvalue weighted by Crippen LogP contribution is -2.40. The highest BCUT2D eigenvalue weighted by Gasteiger charge is 2.26. The van der Waals surface area contributed by atoms with Gasteiger partial charge in [0.15, 0.2) is 5.76 Å². The zero-order chi connectivity index (χ0) is 17.8. The predicted octanol–water partition coefficient (Wildman–Crippen LogP) is 2.91. The first-order valence-electron chi connectivity index (χ1n) is 7.85. The first kappa shape index (κ1) is 19.7. The normalized spacial score (nSPS) is 14.0. The summed E-state index contributed by atoms with van der Waals surface area (Å²) >= 11 is 0. The van der Waals surface area contributed by atoms with Gasteiger partial charge in [0.1, 0.15) is 0 Å². The number of amides is 1. The van der Waals surface area contributed by atoms with Crippen molar-refractivity contribution in [2.24, 2.45) is 5.92 Å². The van der Waals surface area contributed by atoms with Crippen LogP contribution < -0.4 is 10.0 Å². The number of carbonyl (C=O) groups excluding carboxylic acids is 1. The van der Waals surface area contributed by atoms with Crippen molar-refractivity contribution in [3.05, 3.63) is 17.9 Å². The van der Waals surface area contributed by atoms with E-state index in [9.17, 15) is 13.2 Å². The van der Waals surface area contributed by atoms with E-state index in [4.69, 9.17) is 4.42 Å². The van der Waals surface area contributed by atoms with Gasteiger partial charge in [-0.15, -0.1) is 0 Å². The second kappa shape index (κ2) is 7.49. The molecule has 0 aliphatic rings. The van der Waals surface area contributed by atoms with Gasteiger partial charge in [0.25, 0.3) is 15.9 Å². The molecule has 0 spiro atoms. The van der Waals surface area contributed by atoms with Crippen LogP contribution in [0.2, 0.25) is 0 Å². The van der Waals surface area contributed by atoms with E-state index in [1.807, 2.05) is 6.92 Å². The summed E-state index contributed by atoms with van der Waals surface area (Å²) in [4.78, 5) is 12.1. The van der Waals surface area contributed by atoms with Gasteiger partial charge in [-0.1, -0.05) is 13.8 Å². The molecule has 7 heteroatoms. The molecule has 0 bridgehead atoms. The van der Waals surface area contributed by atoms with Crippen LogP contribution in [0, 0.1) is 5.92 Å². The molecule has 1 atom stereocenters. The molecule has 1 rings (SSSR count). The molecule has 1 amide bonds. The third-order valence-electron chi connectivity index (χ3n) is 3.07. The summed E-state index contributed by atoms with van der Waals surface area (Å²) in [5.74, 6) is 0.160. The molecule has 1 aromatic rings. The van der Waals surface area contributed by atoms with Gasteiger partial charge in [-0.05, 0) is 58.6 Å². The summed E-state index contributed by atoms with van der Waals surface area (Å²) in [7, 11) is -3.78. The van der Waals surface area contributed by atoms with Gasteiger partial charge >= 0.3 is 0 Å².